The van der Waals surface area contributed by atoms with Crippen LogP contribution in [0.4, 0.5) is 0 Å². The van der Waals surface area contributed by atoms with Gasteiger partial charge in [-0.15, -0.1) is 5.10 Å². The molecular formula is C15H16N6O3. The van der Waals surface area contributed by atoms with Gasteiger partial charge in [-0.1, -0.05) is 18.2 Å². The van der Waals surface area contributed by atoms with Crippen LogP contribution in [-0.4, -0.2) is 48.2 Å². The summed E-state index contributed by atoms with van der Waals surface area (Å²) >= 11 is 0. The Labute approximate surface area is 136 Å². The van der Waals surface area contributed by atoms with E-state index >= 15 is 0 Å². The number of aromatic nitrogens is 5. The van der Waals surface area contributed by atoms with Crippen LogP contribution in [0.25, 0.3) is 10.9 Å². The molecule has 3 rings (SSSR count). The summed E-state index contributed by atoms with van der Waals surface area (Å²) in [7, 11) is 0. The molecule has 0 fully saturated rings. The summed E-state index contributed by atoms with van der Waals surface area (Å²) in [6, 6.07) is 6.63. The number of carboxylic acid groups (broad SMARTS) is 1. The molecule has 2 heterocycles. The molecular weight excluding hydrogens is 312 g/mol. The van der Waals surface area contributed by atoms with Crippen LogP contribution < -0.4 is 5.32 Å². The molecule has 0 aliphatic heterocycles. The van der Waals surface area contributed by atoms with Crippen LogP contribution in [0.5, 0.6) is 0 Å². The number of carbonyl (C=O) groups is 2. The number of carboxylic acids is 1. The third kappa shape index (κ3) is 3.57. The van der Waals surface area contributed by atoms with Gasteiger partial charge in [-0.25, -0.2) is 9.48 Å². The molecule has 0 aliphatic rings. The van der Waals surface area contributed by atoms with Gasteiger partial charge in [-0.05, 0) is 22.1 Å². The van der Waals surface area contributed by atoms with Gasteiger partial charge < -0.3 is 15.4 Å². The minimum atomic E-state index is -1.07. The second kappa shape index (κ2) is 6.90. The van der Waals surface area contributed by atoms with E-state index in [0.29, 0.717) is 0 Å². The third-order valence-electron chi connectivity index (χ3n) is 3.69. The summed E-state index contributed by atoms with van der Waals surface area (Å²) < 4.78 is 1.41. The molecule has 0 spiro atoms. The van der Waals surface area contributed by atoms with Gasteiger partial charge in [-0.3, -0.25) is 4.79 Å². The standard InChI is InChI=1S/C15H16N6O3/c22-14(5-6-21-9-17-19-20-21)18-13(15(23)24)7-10-8-16-12-4-2-1-3-11(10)12/h1-4,8-9,13,16H,5-7H2,(H,18,22)(H,23,24)/t13-/m0/s1. The van der Waals surface area contributed by atoms with Crippen LogP contribution in [0.1, 0.15) is 12.0 Å². The number of amides is 1. The first-order valence-electron chi connectivity index (χ1n) is 7.41. The number of nitrogens with zero attached hydrogens (tertiary/aromatic N) is 4. The van der Waals surface area contributed by atoms with E-state index in [4.69, 9.17) is 0 Å². The first-order valence-corrected chi connectivity index (χ1v) is 7.41. The van der Waals surface area contributed by atoms with Crippen LogP contribution in [0, 0.1) is 0 Å². The van der Waals surface area contributed by atoms with E-state index in [1.54, 1.807) is 6.20 Å². The summed E-state index contributed by atoms with van der Waals surface area (Å²) in [6.45, 7) is 0.290. The van der Waals surface area contributed by atoms with E-state index < -0.39 is 12.0 Å². The molecule has 1 atom stereocenters. The summed E-state index contributed by atoms with van der Waals surface area (Å²) in [5.74, 6) is -1.44. The molecule has 3 N–H and O–H groups in total. The van der Waals surface area contributed by atoms with Crippen LogP contribution in [-0.2, 0) is 22.6 Å². The Morgan fingerprint density at radius 3 is 2.92 bits per heavy atom. The number of H-pyrrole nitrogens is 1. The molecule has 124 valence electrons. The van der Waals surface area contributed by atoms with Crippen LogP contribution >= 0.6 is 0 Å². The molecule has 0 radical (unpaired) electrons. The van der Waals surface area contributed by atoms with Crippen molar-refractivity contribution in [3.8, 4) is 0 Å². The molecule has 2 aromatic heterocycles. The highest BCUT2D eigenvalue weighted by Gasteiger charge is 2.21. The number of benzene rings is 1. The molecule has 0 saturated carbocycles. The number of nitrogens with one attached hydrogen (secondary N) is 2. The highest BCUT2D eigenvalue weighted by Crippen LogP contribution is 2.19. The van der Waals surface area contributed by atoms with Crippen molar-refractivity contribution in [3.05, 3.63) is 42.4 Å². The molecule has 3 aromatic rings. The number of aryl methyl sites for hydroxylation is 1. The number of aliphatic carboxylic acids is 1. The highest BCUT2D eigenvalue weighted by molar-refractivity contribution is 5.86. The highest BCUT2D eigenvalue weighted by atomic mass is 16.4. The van der Waals surface area contributed by atoms with E-state index in [9.17, 15) is 14.7 Å². The Kier molecular flexibility index (Phi) is 4.50. The van der Waals surface area contributed by atoms with Crippen molar-refractivity contribution in [1.29, 1.82) is 0 Å². The number of hydrogen-bond donors (Lipinski definition) is 3. The minimum Gasteiger partial charge on any atom is -0.480 e. The fourth-order valence-corrected chi connectivity index (χ4v) is 2.49. The van der Waals surface area contributed by atoms with Crippen molar-refractivity contribution < 1.29 is 14.7 Å². The summed E-state index contributed by atoms with van der Waals surface area (Å²) in [6.07, 6.45) is 3.47. The third-order valence-corrected chi connectivity index (χ3v) is 3.69. The predicted molar refractivity (Wildman–Crippen MR) is 84.0 cm³/mol. The average molecular weight is 328 g/mol. The lowest BCUT2D eigenvalue weighted by Crippen LogP contribution is -2.42. The van der Waals surface area contributed by atoms with E-state index in [-0.39, 0.29) is 25.3 Å². The van der Waals surface area contributed by atoms with Gasteiger partial charge in [0.1, 0.15) is 12.4 Å². The van der Waals surface area contributed by atoms with Crippen LogP contribution in [0.3, 0.4) is 0 Å². The fourth-order valence-electron chi connectivity index (χ4n) is 2.49. The van der Waals surface area contributed by atoms with Crippen molar-refractivity contribution in [2.24, 2.45) is 0 Å². The van der Waals surface area contributed by atoms with Crippen molar-refractivity contribution in [2.45, 2.75) is 25.4 Å². The Hall–Kier alpha value is -3.23. The second-order valence-electron chi connectivity index (χ2n) is 5.34. The fraction of sp³-hybridized carbons (Fsp3) is 0.267. The zero-order valence-corrected chi connectivity index (χ0v) is 12.7. The summed E-state index contributed by atoms with van der Waals surface area (Å²) in [5.41, 5.74) is 1.78. The molecule has 24 heavy (non-hydrogen) atoms. The van der Waals surface area contributed by atoms with Crippen molar-refractivity contribution in [1.82, 2.24) is 30.5 Å². The molecule has 0 saturated heterocycles. The van der Waals surface area contributed by atoms with E-state index in [1.165, 1.54) is 11.0 Å². The Morgan fingerprint density at radius 1 is 1.33 bits per heavy atom. The number of hydrogen-bond acceptors (Lipinski definition) is 5. The monoisotopic (exact) mass is 328 g/mol. The maximum absolute atomic E-state index is 12.0. The van der Waals surface area contributed by atoms with Crippen molar-refractivity contribution in [3.63, 3.8) is 0 Å². The Balaban J connectivity index is 1.64. The summed E-state index contributed by atoms with van der Waals surface area (Å²) in [4.78, 5) is 26.5. The first-order chi connectivity index (χ1) is 11.6. The maximum atomic E-state index is 12.0. The van der Waals surface area contributed by atoms with Crippen molar-refractivity contribution in [2.75, 3.05) is 0 Å². The maximum Gasteiger partial charge on any atom is 0.326 e. The topological polar surface area (TPSA) is 126 Å². The molecule has 0 unspecified atom stereocenters. The van der Waals surface area contributed by atoms with Gasteiger partial charge in [0.2, 0.25) is 5.91 Å². The number of carbonyl (C=O) groups excluding carboxylic acids is 1. The minimum absolute atomic E-state index is 0.0999. The van der Waals surface area contributed by atoms with Crippen LogP contribution in [0.15, 0.2) is 36.8 Å². The summed E-state index contributed by atoms with van der Waals surface area (Å²) in [5, 5.41) is 23.5. The molecule has 0 bridgehead atoms. The van der Waals surface area contributed by atoms with E-state index in [0.717, 1.165) is 16.5 Å². The normalized spacial score (nSPS) is 12.2. The SMILES string of the molecule is O=C(CCn1cnnn1)N[C@@H](Cc1c[nH]c2ccccc12)C(=O)O. The molecule has 9 nitrogen and oxygen atoms in total. The lowest BCUT2D eigenvalue weighted by Gasteiger charge is -2.14. The van der Waals surface area contributed by atoms with Gasteiger partial charge in [-0.2, -0.15) is 0 Å². The largest absolute Gasteiger partial charge is 0.480 e. The molecule has 1 amide bonds. The first kappa shape index (κ1) is 15.7. The van der Waals surface area contributed by atoms with Gasteiger partial charge in [0.05, 0.1) is 6.54 Å². The van der Waals surface area contributed by atoms with Gasteiger partial charge >= 0.3 is 5.97 Å². The number of para-hydroxylation sites is 1. The van der Waals surface area contributed by atoms with Crippen molar-refractivity contribution >= 4 is 22.8 Å². The number of rotatable bonds is 7. The lowest BCUT2D eigenvalue weighted by molar-refractivity contribution is -0.141. The van der Waals surface area contributed by atoms with Crippen LogP contribution in [0.2, 0.25) is 0 Å². The Bertz CT molecular complexity index is 842. The Morgan fingerprint density at radius 2 is 2.17 bits per heavy atom. The van der Waals surface area contributed by atoms with E-state index in [1.807, 2.05) is 24.3 Å². The lowest BCUT2D eigenvalue weighted by atomic mass is 10.0. The van der Waals surface area contributed by atoms with Gasteiger partial charge in [0.15, 0.2) is 0 Å². The number of fused-ring (bicyclic) bond motifs is 1. The smallest absolute Gasteiger partial charge is 0.326 e. The predicted octanol–water partition coefficient (Wildman–Crippen LogP) is 0.357. The zero-order valence-electron chi connectivity index (χ0n) is 12.7. The van der Waals surface area contributed by atoms with E-state index in [2.05, 4.69) is 25.8 Å². The number of aromatic amines is 1. The second-order valence-corrected chi connectivity index (χ2v) is 5.34. The zero-order chi connectivity index (χ0) is 16.9. The molecule has 9 heteroatoms. The average Bonchev–Trinajstić information content (AvgIpc) is 3.22. The molecule has 0 aliphatic carbocycles. The quantitative estimate of drug-likeness (QED) is 0.575. The number of tetrazole rings is 1. The molecule has 1 aromatic carbocycles. The van der Waals surface area contributed by atoms with Gasteiger partial charge in [0, 0.05) is 29.9 Å². The van der Waals surface area contributed by atoms with Gasteiger partial charge in [0.25, 0.3) is 0 Å².